The minimum atomic E-state index is -0.416. The van der Waals surface area contributed by atoms with Gasteiger partial charge in [0.2, 0.25) is 0 Å². The molecule has 21 heavy (non-hydrogen) atoms. The number of nitrogens with one attached hydrogen (secondary N) is 1. The quantitative estimate of drug-likeness (QED) is 0.943. The number of hydrogen-bond donors (Lipinski definition) is 1. The molecular weight excluding hydrogens is 269 g/mol. The monoisotopic (exact) mass is 285 g/mol. The molecule has 1 amide bonds. The zero-order chi connectivity index (χ0) is 14.7. The molecule has 2 aromatic rings. The number of amides is 1. The molecule has 1 fully saturated rings. The van der Waals surface area contributed by atoms with E-state index in [0.717, 1.165) is 31.2 Å². The van der Waals surface area contributed by atoms with Gasteiger partial charge in [-0.05, 0) is 30.5 Å². The van der Waals surface area contributed by atoms with E-state index in [9.17, 15) is 9.18 Å². The molecule has 1 aromatic heterocycles. The first-order chi connectivity index (χ1) is 10.2. The number of nitrogens with zero attached hydrogens (tertiary/aromatic N) is 2. The van der Waals surface area contributed by atoms with Gasteiger partial charge in [0.1, 0.15) is 12.1 Å². The van der Waals surface area contributed by atoms with Gasteiger partial charge in [0, 0.05) is 12.4 Å². The lowest BCUT2D eigenvalue weighted by molar-refractivity contribution is 0.0897. The molecule has 0 spiro atoms. The summed E-state index contributed by atoms with van der Waals surface area (Å²) >= 11 is 0. The average Bonchev–Trinajstić information content (AvgIpc) is 2.98. The van der Waals surface area contributed by atoms with E-state index in [1.165, 1.54) is 30.9 Å². The summed E-state index contributed by atoms with van der Waals surface area (Å²) in [7, 11) is 0. The molecule has 0 saturated heterocycles. The van der Waals surface area contributed by atoms with Gasteiger partial charge in [0.25, 0.3) is 5.91 Å². The number of benzene rings is 1. The molecule has 108 valence electrons. The number of carbonyl (C=O) groups excluding carboxylic acids is 1. The summed E-state index contributed by atoms with van der Waals surface area (Å²) in [6.07, 6.45) is 8.19. The zero-order valence-corrected chi connectivity index (χ0v) is 11.6. The number of hydrogen-bond acceptors (Lipinski definition) is 3. The van der Waals surface area contributed by atoms with Crippen molar-refractivity contribution in [2.24, 2.45) is 0 Å². The van der Waals surface area contributed by atoms with Crippen LogP contribution in [0.25, 0.3) is 0 Å². The molecule has 0 aliphatic heterocycles. The molecule has 0 radical (unpaired) electrons. The van der Waals surface area contributed by atoms with Crippen molar-refractivity contribution in [1.82, 2.24) is 15.3 Å². The number of aromatic nitrogens is 2. The van der Waals surface area contributed by atoms with E-state index < -0.39 is 5.54 Å². The molecule has 0 bridgehead atoms. The zero-order valence-electron chi connectivity index (χ0n) is 11.6. The summed E-state index contributed by atoms with van der Waals surface area (Å²) in [5.74, 6) is -0.462. The van der Waals surface area contributed by atoms with Gasteiger partial charge < -0.3 is 5.32 Å². The van der Waals surface area contributed by atoms with Crippen LogP contribution in [0.5, 0.6) is 0 Å². The van der Waals surface area contributed by atoms with E-state index in [4.69, 9.17) is 0 Å². The first kappa shape index (κ1) is 13.7. The minimum absolute atomic E-state index is 0.193. The summed E-state index contributed by atoms with van der Waals surface area (Å²) in [6, 6.07) is 6.38. The van der Waals surface area contributed by atoms with E-state index >= 15 is 0 Å². The van der Waals surface area contributed by atoms with Crippen molar-refractivity contribution in [1.29, 1.82) is 0 Å². The fourth-order valence-electron chi connectivity index (χ4n) is 2.94. The Kier molecular flexibility index (Phi) is 3.64. The van der Waals surface area contributed by atoms with Gasteiger partial charge in [0.05, 0.1) is 11.1 Å². The van der Waals surface area contributed by atoms with Crippen molar-refractivity contribution >= 4 is 5.91 Å². The Morgan fingerprint density at radius 3 is 2.33 bits per heavy atom. The SMILES string of the molecule is O=C(NC1(c2ccc(F)cc2)CCCC1)c1cncnc1. The second-order valence-electron chi connectivity index (χ2n) is 5.38. The molecule has 0 unspecified atom stereocenters. The highest BCUT2D eigenvalue weighted by Crippen LogP contribution is 2.39. The van der Waals surface area contributed by atoms with E-state index in [-0.39, 0.29) is 11.7 Å². The van der Waals surface area contributed by atoms with Crippen molar-refractivity contribution in [3.63, 3.8) is 0 Å². The normalized spacial score (nSPS) is 16.6. The first-order valence-electron chi connectivity index (χ1n) is 7.03. The van der Waals surface area contributed by atoms with Crippen LogP contribution in [0, 0.1) is 5.82 Å². The van der Waals surface area contributed by atoms with Crippen molar-refractivity contribution in [3.05, 3.63) is 59.9 Å². The second-order valence-corrected chi connectivity index (χ2v) is 5.38. The third-order valence-electron chi connectivity index (χ3n) is 4.03. The molecule has 1 aliphatic carbocycles. The van der Waals surface area contributed by atoms with Crippen LogP contribution in [0.3, 0.4) is 0 Å². The Labute approximate surface area is 122 Å². The highest BCUT2D eigenvalue weighted by atomic mass is 19.1. The van der Waals surface area contributed by atoms with E-state index in [1.807, 2.05) is 0 Å². The van der Waals surface area contributed by atoms with Gasteiger partial charge in [0.15, 0.2) is 0 Å². The van der Waals surface area contributed by atoms with Gasteiger partial charge in [-0.25, -0.2) is 14.4 Å². The lowest BCUT2D eigenvalue weighted by Gasteiger charge is -2.31. The predicted octanol–water partition coefficient (Wildman–Crippen LogP) is 2.82. The summed E-state index contributed by atoms with van der Waals surface area (Å²) in [5.41, 5.74) is 0.971. The van der Waals surface area contributed by atoms with Crippen LogP contribution in [-0.2, 0) is 5.54 Å². The van der Waals surface area contributed by atoms with Crippen LogP contribution in [-0.4, -0.2) is 15.9 Å². The molecule has 3 rings (SSSR count). The van der Waals surface area contributed by atoms with Crippen LogP contribution in [0.1, 0.15) is 41.6 Å². The van der Waals surface area contributed by atoms with Gasteiger partial charge in [-0.1, -0.05) is 25.0 Å². The maximum atomic E-state index is 13.1. The predicted molar refractivity (Wildman–Crippen MR) is 76.0 cm³/mol. The molecule has 1 N–H and O–H groups in total. The van der Waals surface area contributed by atoms with Gasteiger partial charge in [-0.3, -0.25) is 4.79 Å². The summed E-state index contributed by atoms with van der Waals surface area (Å²) < 4.78 is 13.1. The van der Waals surface area contributed by atoms with Gasteiger partial charge in [-0.2, -0.15) is 0 Å². The lowest BCUT2D eigenvalue weighted by Crippen LogP contribution is -2.43. The highest BCUT2D eigenvalue weighted by molar-refractivity contribution is 5.94. The number of carbonyl (C=O) groups is 1. The Hall–Kier alpha value is -2.30. The molecule has 1 heterocycles. The van der Waals surface area contributed by atoms with Crippen LogP contribution in [0.2, 0.25) is 0 Å². The van der Waals surface area contributed by atoms with Crippen LogP contribution in [0.15, 0.2) is 43.0 Å². The summed E-state index contributed by atoms with van der Waals surface area (Å²) in [4.78, 5) is 20.1. The third kappa shape index (κ3) is 2.77. The topological polar surface area (TPSA) is 54.9 Å². The third-order valence-corrected chi connectivity index (χ3v) is 4.03. The Bertz CT molecular complexity index is 622. The van der Waals surface area contributed by atoms with Gasteiger partial charge in [-0.15, -0.1) is 0 Å². The van der Waals surface area contributed by atoms with Crippen molar-refractivity contribution < 1.29 is 9.18 Å². The minimum Gasteiger partial charge on any atom is -0.342 e. The standard InChI is InChI=1S/C16H16FN3O/c17-14-5-3-13(4-6-14)16(7-1-2-8-16)20-15(21)12-9-18-11-19-10-12/h3-6,9-11H,1-2,7-8H2,(H,20,21). The fraction of sp³-hybridized carbons (Fsp3) is 0.312. The van der Waals surface area contributed by atoms with Crippen LogP contribution in [0.4, 0.5) is 4.39 Å². The van der Waals surface area contributed by atoms with E-state index in [2.05, 4.69) is 15.3 Å². The van der Waals surface area contributed by atoms with Crippen molar-refractivity contribution in [2.75, 3.05) is 0 Å². The smallest absolute Gasteiger partial charge is 0.255 e. The molecule has 5 heteroatoms. The first-order valence-corrected chi connectivity index (χ1v) is 7.03. The molecule has 0 atom stereocenters. The largest absolute Gasteiger partial charge is 0.342 e. The van der Waals surface area contributed by atoms with E-state index in [0.29, 0.717) is 5.56 Å². The summed E-state index contributed by atoms with van der Waals surface area (Å²) in [5, 5.41) is 3.10. The van der Waals surface area contributed by atoms with E-state index in [1.54, 1.807) is 12.1 Å². The average molecular weight is 285 g/mol. The Morgan fingerprint density at radius 1 is 1.10 bits per heavy atom. The summed E-state index contributed by atoms with van der Waals surface area (Å²) in [6.45, 7) is 0. The molecule has 1 aliphatic rings. The molecule has 1 aromatic carbocycles. The second kappa shape index (κ2) is 5.60. The maximum absolute atomic E-state index is 13.1. The van der Waals surface area contributed by atoms with Crippen molar-refractivity contribution in [3.8, 4) is 0 Å². The maximum Gasteiger partial charge on any atom is 0.255 e. The Balaban J connectivity index is 1.88. The number of rotatable bonds is 3. The van der Waals surface area contributed by atoms with Crippen molar-refractivity contribution in [2.45, 2.75) is 31.2 Å². The highest BCUT2D eigenvalue weighted by Gasteiger charge is 2.37. The van der Waals surface area contributed by atoms with Crippen LogP contribution >= 0.6 is 0 Å². The fourth-order valence-corrected chi connectivity index (χ4v) is 2.94. The molecule has 1 saturated carbocycles. The lowest BCUT2D eigenvalue weighted by atomic mass is 9.88. The Morgan fingerprint density at radius 2 is 1.71 bits per heavy atom. The molecular formula is C16H16FN3O. The number of halogens is 1. The van der Waals surface area contributed by atoms with Gasteiger partial charge >= 0.3 is 0 Å². The van der Waals surface area contributed by atoms with Crippen LogP contribution < -0.4 is 5.32 Å². The molecule has 4 nitrogen and oxygen atoms in total.